The van der Waals surface area contributed by atoms with Crippen LogP contribution in [-0.4, -0.2) is 18.5 Å². The van der Waals surface area contributed by atoms with Gasteiger partial charge in [0.05, 0.1) is 5.56 Å². The van der Waals surface area contributed by atoms with E-state index in [9.17, 15) is 14.0 Å². The molecule has 0 aromatic heterocycles. The molecule has 0 aliphatic heterocycles. The molecule has 1 amide bonds. The maximum Gasteiger partial charge on any atom is 0.338 e. The van der Waals surface area contributed by atoms with Crippen LogP contribution in [0.5, 0.6) is 0 Å². The molecule has 0 aliphatic carbocycles. The molecule has 0 saturated heterocycles. The van der Waals surface area contributed by atoms with E-state index in [2.05, 4.69) is 5.32 Å². The summed E-state index contributed by atoms with van der Waals surface area (Å²) >= 11 is 0. The lowest BCUT2D eigenvalue weighted by atomic mass is 10.1. The van der Waals surface area contributed by atoms with Gasteiger partial charge in [0, 0.05) is 12.1 Å². The SMILES string of the molecule is Cc1ccc(C(=O)OCC(=O)NCc2ccccc2F)c(C)c1. The Bertz CT molecular complexity index is 728. The molecule has 0 unspecified atom stereocenters. The van der Waals surface area contributed by atoms with Crippen molar-refractivity contribution in [1.29, 1.82) is 0 Å². The normalized spacial score (nSPS) is 10.2. The molecule has 120 valence electrons. The molecule has 0 spiro atoms. The predicted molar refractivity (Wildman–Crippen MR) is 84.4 cm³/mol. The lowest BCUT2D eigenvalue weighted by molar-refractivity contribution is -0.124. The van der Waals surface area contributed by atoms with Crippen LogP contribution < -0.4 is 5.32 Å². The highest BCUT2D eigenvalue weighted by Gasteiger charge is 2.13. The molecule has 4 nitrogen and oxygen atoms in total. The molecule has 0 fully saturated rings. The first kappa shape index (κ1) is 16.7. The molecule has 5 heteroatoms. The van der Waals surface area contributed by atoms with E-state index < -0.39 is 18.5 Å². The summed E-state index contributed by atoms with van der Waals surface area (Å²) in [5, 5.41) is 2.51. The van der Waals surface area contributed by atoms with Crippen molar-refractivity contribution in [2.45, 2.75) is 20.4 Å². The number of hydrogen-bond donors (Lipinski definition) is 1. The van der Waals surface area contributed by atoms with Gasteiger partial charge in [-0.25, -0.2) is 9.18 Å². The molecule has 0 bridgehead atoms. The van der Waals surface area contributed by atoms with Gasteiger partial charge in [-0.15, -0.1) is 0 Å². The molecule has 23 heavy (non-hydrogen) atoms. The summed E-state index contributed by atoms with van der Waals surface area (Å²) < 4.78 is 18.4. The fraction of sp³-hybridized carbons (Fsp3) is 0.222. The van der Waals surface area contributed by atoms with Gasteiger partial charge < -0.3 is 10.1 Å². The number of amides is 1. The van der Waals surface area contributed by atoms with Gasteiger partial charge in [-0.3, -0.25) is 4.79 Å². The molecule has 0 atom stereocenters. The molecule has 2 aromatic carbocycles. The zero-order valence-corrected chi connectivity index (χ0v) is 13.1. The molecule has 0 radical (unpaired) electrons. The number of ether oxygens (including phenoxy) is 1. The van der Waals surface area contributed by atoms with Crippen molar-refractivity contribution >= 4 is 11.9 Å². The molecule has 2 rings (SSSR count). The first-order valence-electron chi connectivity index (χ1n) is 7.22. The monoisotopic (exact) mass is 315 g/mol. The summed E-state index contributed by atoms with van der Waals surface area (Å²) in [5.74, 6) is -1.42. The first-order valence-corrected chi connectivity index (χ1v) is 7.22. The van der Waals surface area contributed by atoms with Crippen LogP contribution in [0.2, 0.25) is 0 Å². The number of aryl methyl sites for hydroxylation is 2. The first-order chi connectivity index (χ1) is 11.0. The Morgan fingerprint density at radius 1 is 1.13 bits per heavy atom. The van der Waals surface area contributed by atoms with Gasteiger partial charge >= 0.3 is 5.97 Å². The maximum atomic E-state index is 13.4. The quantitative estimate of drug-likeness (QED) is 0.863. The molecule has 2 aromatic rings. The lowest BCUT2D eigenvalue weighted by Crippen LogP contribution is -2.28. The highest BCUT2D eigenvalue weighted by molar-refractivity contribution is 5.92. The summed E-state index contributed by atoms with van der Waals surface area (Å²) in [6, 6.07) is 11.5. The van der Waals surface area contributed by atoms with Gasteiger partial charge in [-0.2, -0.15) is 0 Å². The largest absolute Gasteiger partial charge is 0.452 e. The second-order valence-corrected chi connectivity index (χ2v) is 5.26. The summed E-state index contributed by atoms with van der Waals surface area (Å²) in [6.45, 7) is 3.38. The number of hydrogen-bond acceptors (Lipinski definition) is 3. The van der Waals surface area contributed by atoms with E-state index in [1.807, 2.05) is 26.0 Å². The van der Waals surface area contributed by atoms with Crippen molar-refractivity contribution in [2.75, 3.05) is 6.61 Å². The Labute approximate surface area is 134 Å². The summed E-state index contributed by atoms with van der Waals surface area (Å²) in [5.41, 5.74) is 2.64. The van der Waals surface area contributed by atoms with Crippen LogP contribution in [0.4, 0.5) is 4.39 Å². The van der Waals surface area contributed by atoms with Crippen LogP contribution in [0.3, 0.4) is 0 Å². The van der Waals surface area contributed by atoms with E-state index in [-0.39, 0.29) is 12.4 Å². The van der Waals surface area contributed by atoms with Crippen LogP contribution in [0.25, 0.3) is 0 Å². The second-order valence-electron chi connectivity index (χ2n) is 5.26. The Morgan fingerprint density at radius 3 is 2.57 bits per heavy atom. The fourth-order valence-corrected chi connectivity index (χ4v) is 2.14. The van der Waals surface area contributed by atoms with Crippen LogP contribution >= 0.6 is 0 Å². The molecular formula is C18H18FNO3. The number of rotatable bonds is 5. The van der Waals surface area contributed by atoms with Crippen molar-refractivity contribution in [1.82, 2.24) is 5.32 Å². The van der Waals surface area contributed by atoms with E-state index in [1.54, 1.807) is 24.3 Å². The molecular weight excluding hydrogens is 297 g/mol. The second kappa shape index (κ2) is 7.54. The standard InChI is InChI=1S/C18H18FNO3/c1-12-7-8-15(13(2)9-12)18(22)23-11-17(21)20-10-14-5-3-4-6-16(14)19/h3-9H,10-11H2,1-2H3,(H,20,21). The van der Waals surface area contributed by atoms with Crippen molar-refractivity contribution in [2.24, 2.45) is 0 Å². The maximum absolute atomic E-state index is 13.4. The molecule has 1 N–H and O–H groups in total. The van der Waals surface area contributed by atoms with E-state index in [4.69, 9.17) is 4.74 Å². The number of carbonyl (C=O) groups is 2. The van der Waals surface area contributed by atoms with Gasteiger partial charge in [0.15, 0.2) is 6.61 Å². The highest BCUT2D eigenvalue weighted by Crippen LogP contribution is 2.11. The summed E-state index contributed by atoms with van der Waals surface area (Å²) in [6.07, 6.45) is 0. The minimum atomic E-state index is -0.552. The average molecular weight is 315 g/mol. The van der Waals surface area contributed by atoms with Crippen LogP contribution in [-0.2, 0) is 16.1 Å². The van der Waals surface area contributed by atoms with Crippen LogP contribution in [0.1, 0.15) is 27.0 Å². The van der Waals surface area contributed by atoms with Crippen molar-refractivity contribution < 1.29 is 18.7 Å². The van der Waals surface area contributed by atoms with Crippen LogP contribution in [0.15, 0.2) is 42.5 Å². The molecule has 0 heterocycles. The van der Waals surface area contributed by atoms with E-state index in [1.165, 1.54) is 6.07 Å². The van der Waals surface area contributed by atoms with Crippen molar-refractivity contribution in [3.05, 3.63) is 70.5 Å². The zero-order chi connectivity index (χ0) is 16.8. The summed E-state index contributed by atoms with van der Waals surface area (Å²) in [7, 11) is 0. The topological polar surface area (TPSA) is 55.4 Å². The Hall–Kier alpha value is -2.69. The minimum Gasteiger partial charge on any atom is -0.452 e. The number of benzene rings is 2. The third-order valence-corrected chi connectivity index (χ3v) is 3.37. The van der Waals surface area contributed by atoms with Crippen LogP contribution in [0, 0.1) is 19.7 Å². The Morgan fingerprint density at radius 2 is 1.87 bits per heavy atom. The number of esters is 1. The van der Waals surface area contributed by atoms with Gasteiger partial charge in [0.25, 0.3) is 5.91 Å². The van der Waals surface area contributed by atoms with E-state index in [0.29, 0.717) is 11.1 Å². The zero-order valence-electron chi connectivity index (χ0n) is 13.1. The van der Waals surface area contributed by atoms with E-state index >= 15 is 0 Å². The van der Waals surface area contributed by atoms with Gasteiger partial charge in [0.1, 0.15) is 5.82 Å². The fourth-order valence-electron chi connectivity index (χ4n) is 2.14. The minimum absolute atomic E-state index is 0.0482. The molecule has 0 aliphatic rings. The predicted octanol–water partition coefficient (Wildman–Crippen LogP) is 2.92. The lowest BCUT2D eigenvalue weighted by Gasteiger charge is -2.09. The highest BCUT2D eigenvalue weighted by atomic mass is 19.1. The van der Waals surface area contributed by atoms with Crippen molar-refractivity contribution in [3.63, 3.8) is 0 Å². The molecule has 0 saturated carbocycles. The number of carbonyl (C=O) groups excluding carboxylic acids is 2. The smallest absolute Gasteiger partial charge is 0.338 e. The Kier molecular flexibility index (Phi) is 5.46. The van der Waals surface area contributed by atoms with Gasteiger partial charge in [-0.05, 0) is 31.5 Å². The van der Waals surface area contributed by atoms with Gasteiger partial charge in [-0.1, -0.05) is 35.9 Å². The van der Waals surface area contributed by atoms with E-state index in [0.717, 1.165) is 11.1 Å². The Balaban J connectivity index is 1.84. The van der Waals surface area contributed by atoms with Gasteiger partial charge in [0.2, 0.25) is 0 Å². The third-order valence-electron chi connectivity index (χ3n) is 3.37. The van der Waals surface area contributed by atoms with Crippen molar-refractivity contribution in [3.8, 4) is 0 Å². The number of halogens is 1. The average Bonchev–Trinajstić information content (AvgIpc) is 2.52. The number of nitrogens with one attached hydrogen (secondary N) is 1. The summed E-state index contributed by atoms with van der Waals surface area (Å²) in [4.78, 5) is 23.6. The third kappa shape index (κ3) is 4.64.